The fourth-order valence-electron chi connectivity index (χ4n) is 3.74. The number of aryl methyl sites for hydroxylation is 1. The van der Waals surface area contributed by atoms with Gasteiger partial charge in [0.25, 0.3) is 0 Å². The maximum atomic E-state index is 13.0. The highest BCUT2D eigenvalue weighted by atomic mass is 16.5. The third-order valence-corrected chi connectivity index (χ3v) is 5.64. The summed E-state index contributed by atoms with van der Waals surface area (Å²) in [5.74, 6) is 0.799. The van der Waals surface area contributed by atoms with Crippen molar-refractivity contribution in [3.63, 3.8) is 0 Å². The van der Waals surface area contributed by atoms with E-state index >= 15 is 0 Å². The molecule has 1 atom stereocenters. The molecule has 5 heteroatoms. The number of benzene rings is 2. The first-order valence-corrected chi connectivity index (χ1v) is 10.3. The Bertz CT molecular complexity index is 845. The molecule has 2 amide bonds. The Labute approximate surface area is 173 Å². The van der Waals surface area contributed by atoms with Crippen LogP contribution >= 0.6 is 0 Å². The monoisotopic (exact) mass is 394 g/mol. The molecular formula is C24H30N2O3. The van der Waals surface area contributed by atoms with Crippen molar-refractivity contribution in [1.29, 1.82) is 0 Å². The summed E-state index contributed by atoms with van der Waals surface area (Å²) in [6.07, 6.45) is 1.67. The maximum Gasteiger partial charge on any atom is 0.245 e. The van der Waals surface area contributed by atoms with Crippen LogP contribution < -0.4 is 10.1 Å². The Kier molecular flexibility index (Phi) is 6.57. The SMILES string of the molecule is CCOc1ccc(CCN2C(=O)CC[C@]2(C)C(=O)NCc2ccc(C)cc2)cc1. The molecule has 0 unspecified atom stereocenters. The number of carbonyl (C=O) groups is 2. The highest BCUT2D eigenvalue weighted by molar-refractivity contribution is 5.94. The summed E-state index contributed by atoms with van der Waals surface area (Å²) in [6, 6.07) is 16.0. The molecule has 29 heavy (non-hydrogen) atoms. The van der Waals surface area contributed by atoms with E-state index in [1.165, 1.54) is 5.56 Å². The van der Waals surface area contributed by atoms with Crippen LogP contribution in [-0.4, -0.2) is 35.4 Å². The van der Waals surface area contributed by atoms with E-state index in [0.717, 1.165) is 16.9 Å². The molecule has 154 valence electrons. The van der Waals surface area contributed by atoms with Crippen LogP contribution in [0.15, 0.2) is 48.5 Å². The molecule has 5 nitrogen and oxygen atoms in total. The van der Waals surface area contributed by atoms with Crippen molar-refractivity contribution < 1.29 is 14.3 Å². The van der Waals surface area contributed by atoms with Crippen LogP contribution in [0.25, 0.3) is 0 Å². The molecule has 1 N–H and O–H groups in total. The molecule has 2 aromatic rings. The van der Waals surface area contributed by atoms with Crippen molar-refractivity contribution in [2.75, 3.05) is 13.2 Å². The minimum Gasteiger partial charge on any atom is -0.494 e. The van der Waals surface area contributed by atoms with Crippen LogP contribution in [0.2, 0.25) is 0 Å². The first-order valence-electron chi connectivity index (χ1n) is 10.3. The Balaban J connectivity index is 1.61. The van der Waals surface area contributed by atoms with Gasteiger partial charge in [-0.1, -0.05) is 42.0 Å². The second-order valence-electron chi connectivity index (χ2n) is 7.81. The van der Waals surface area contributed by atoms with Crippen molar-refractivity contribution >= 4 is 11.8 Å². The fraction of sp³-hybridized carbons (Fsp3) is 0.417. The largest absolute Gasteiger partial charge is 0.494 e. The average Bonchev–Trinajstić information content (AvgIpc) is 3.02. The van der Waals surface area contributed by atoms with E-state index in [1.807, 2.05) is 69.3 Å². The lowest BCUT2D eigenvalue weighted by molar-refractivity contribution is -0.140. The number of ether oxygens (including phenoxy) is 1. The van der Waals surface area contributed by atoms with Gasteiger partial charge in [-0.2, -0.15) is 0 Å². The molecule has 0 aliphatic carbocycles. The molecule has 3 rings (SSSR count). The summed E-state index contributed by atoms with van der Waals surface area (Å²) in [4.78, 5) is 27.2. The topological polar surface area (TPSA) is 58.6 Å². The molecular weight excluding hydrogens is 364 g/mol. The molecule has 1 saturated heterocycles. The van der Waals surface area contributed by atoms with Crippen molar-refractivity contribution in [3.05, 3.63) is 65.2 Å². The van der Waals surface area contributed by atoms with E-state index < -0.39 is 5.54 Å². The quantitative estimate of drug-likeness (QED) is 0.744. The van der Waals surface area contributed by atoms with Gasteiger partial charge < -0.3 is 15.0 Å². The summed E-state index contributed by atoms with van der Waals surface area (Å²) in [5.41, 5.74) is 2.56. The number of likely N-dealkylation sites (tertiary alicyclic amines) is 1. The molecule has 0 aromatic heterocycles. The van der Waals surface area contributed by atoms with Gasteiger partial charge >= 0.3 is 0 Å². The van der Waals surface area contributed by atoms with Gasteiger partial charge in [0.1, 0.15) is 11.3 Å². The van der Waals surface area contributed by atoms with Gasteiger partial charge in [-0.25, -0.2) is 0 Å². The van der Waals surface area contributed by atoms with Gasteiger partial charge in [-0.15, -0.1) is 0 Å². The zero-order chi connectivity index (χ0) is 20.9. The molecule has 1 heterocycles. The summed E-state index contributed by atoms with van der Waals surface area (Å²) in [6.45, 7) is 7.50. The average molecular weight is 395 g/mol. The number of nitrogens with zero attached hydrogens (tertiary/aromatic N) is 1. The number of amides is 2. The van der Waals surface area contributed by atoms with E-state index in [-0.39, 0.29) is 11.8 Å². The van der Waals surface area contributed by atoms with Crippen LogP contribution in [0.5, 0.6) is 5.75 Å². The summed E-state index contributed by atoms with van der Waals surface area (Å²) in [7, 11) is 0. The summed E-state index contributed by atoms with van der Waals surface area (Å²) < 4.78 is 5.47. The molecule has 1 fully saturated rings. The lowest BCUT2D eigenvalue weighted by atomic mass is 9.97. The minimum atomic E-state index is -0.799. The summed E-state index contributed by atoms with van der Waals surface area (Å²) >= 11 is 0. The highest BCUT2D eigenvalue weighted by Gasteiger charge is 2.46. The van der Waals surface area contributed by atoms with E-state index in [1.54, 1.807) is 4.90 Å². The van der Waals surface area contributed by atoms with Gasteiger partial charge in [0.15, 0.2) is 0 Å². The second kappa shape index (κ2) is 9.12. The van der Waals surface area contributed by atoms with E-state index in [2.05, 4.69) is 5.32 Å². The third kappa shape index (κ3) is 4.97. The van der Waals surface area contributed by atoms with Crippen LogP contribution in [0, 0.1) is 6.92 Å². The summed E-state index contributed by atoms with van der Waals surface area (Å²) in [5, 5.41) is 3.02. The Morgan fingerprint density at radius 2 is 1.76 bits per heavy atom. The predicted octanol–water partition coefficient (Wildman–Crippen LogP) is 3.63. The molecule has 0 saturated carbocycles. The Morgan fingerprint density at radius 1 is 1.10 bits per heavy atom. The Morgan fingerprint density at radius 3 is 2.41 bits per heavy atom. The first-order chi connectivity index (χ1) is 13.9. The number of rotatable bonds is 8. The Hall–Kier alpha value is -2.82. The lowest BCUT2D eigenvalue weighted by Gasteiger charge is -2.34. The number of hydrogen-bond acceptors (Lipinski definition) is 3. The molecule has 1 aliphatic heterocycles. The van der Waals surface area contributed by atoms with Crippen molar-refractivity contribution in [2.45, 2.75) is 52.1 Å². The zero-order valence-electron chi connectivity index (χ0n) is 17.5. The second-order valence-corrected chi connectivity index (χ2v) is 7.81. The van der Waals surface area contributed by atoms with E-state index in [9.17, 15) is 9.59 Å². The van der Waals surface area contributed by atoms with Crippen LogP contribution in [0.4, 0.5) is 0 Å². The van der Waals surface area contributed by atoms with Gasteiger partial charge in [-0.3, -0.25) is 9.59 Å². The fourth-order valence-corrected chi connectivity index (χ4v) is 3.74. The molecule has 0 spiro atoms. The predicted molar refractivity (Wildman–Crippen MR) is 114 cm³/mol. The van der Waals surface area contributed by atoms with E-state index in [0.29, 0.717) is 39.0 Å². The van der Waals surface area contributed by atoms with Crippen molar-refractivity contribution in [1.82, 2.24) is 10.2 Å². The molecule has 0 radical (unpaired) electrons. The first kappa shape index (κ1) is 20.9. The minimum absolute atomic E-state index is 0.0453. The van der Waals surface area contributed by atoms with Gasteiger partial charge in [0, 0.05) is 19.5 Å². The van der Waals surface area contributed by atoms with Crippen LogP contribution in [0.3, 0.4) is 0 Å². The lowest BCUT2D eigenvalue weighted by Crippen LogP contribution is -2.54. The standard InChI is InChI=1S/C24H30N2O3/c1-4-29-21-11-9-19(10-12-21)14-16-26-22(27)13-15-24(26,3)23(28)25-17-20-7-5-18(2)6-8-20/h5-12H,4,13-17H2,1-3H3,(H,25,28)/t24-/m1/s1. The van der Waals surface area contributed by atoms with E-state index in [4.69, 9.17) is 4.74 Å². The zero-order valence-corrected chi connectivity index (χ0v) is 17.5. The van der Waals surface area contributed by atoms with Crippen molar-refractivity contribution in [2.24, 2.45) is 0 Å². The van der Waals surface area contributed by atoms with Gasteiger partial charge in [0.2, 0.25) is 11.8 Å². The normalized spacial score (nSPS) is 18.7. The number of nitrogens with one attached hydrogen (secondary N) is 1. The molecule has 2 aromatic carbocycles. The van der Waals surface area contributed by atoms with Crippen LogP contribution in [0.1, 0.15) is 43.4 Å². The molecule has 0 bridgehead atoms. The number of carbonyl (C=O) groups excluding carboxylic acids is 2. The smallest absolute Gasteiger partial charge is 0.245 e. The molecule has 1 aliphatic rings. The van der Waals surface area contributed by atoms with Gasteiger partial charge in [-0.05, 0) is 56.9 Å². The third-order valence-electron chi connectivity index (χ3n) is 5.64. The van der Waals surface area contributed by atoms with Crippen molar-refractivity contribution in [3.8, 4) is 5.75 Å². The number of hydrogen-bond donors (Lipinski definition) is 1. The van der Waals surface area contributed by atoms with Gasteiger partial charge in [0.05, 0.1) is 6.61 Å². The van der Waals surface area contributed by atoms with Crippen LogP contribution in [-0.2, 0) is 22.6 Å². The highest BCUT2D eigenvalue weighted by Crippen LogP contribution is 2.30. The maximum absolute atomic E-state index is 13.0.